The molecule has 1 aromatic carbocycles. The molecule has 0 saturated carbocycles. The monoisotopic (exact) mass is 327 g/mol. The highest BCUT2D eigenvalue weighted by Gasteiger charge is 2.28. The Balaban J connectivity index is 3.19. The summed E-state index contributed by atoms with van der Waals surface area (Å²) in [4.78, 5) is -0.150. The van der Waals surface area contributed by atoms with E-state index in [4.69, 9.17) is 33.0 Å². The van der Waals surface area contributed by atoms with E-state index < -0.39 is 10.0 Å². The van der Waals surface area contributed by atoms with E-state index in [-0.39, 0.29) is 41.2 Å². The second kappa shape index (κ2) is 7.42. The van der Waals surface area contributed by atoms with Crippen molar-refractivity contribution in [2.75, 3.05) is 33.4 Å². The number of benzene rings is 1. The highest BCUT2D eigenvalue weighted by Crippen LogP contribution is 2.31. The number of hydrogen-bond acceptors (Lipinski definition) is 4. The standard InChI is InChI=1S/C11H15Cl2NO4S/c1-18-8-6-14(5-7-15)19(16,17)11-9(12)3-2-4-10(11)13/h2-4,15H,5-8H2,1H3. The van der Waals surface area contributed by atoms with Gasteiger partial charge in [-0.2, -0.15) is 4.31 Å². The molecule has 0 fully saturated rings. The number of sulfonamides is 1. The maximum absolute atomic E-state index is 12.5. The van der Waals surface area contributed by atoms with Crippen LogP contribution in [0.1, 0.15) is 0 Å². The van der Waals surface area contributed by atoms with E-state index in [2.05, 4.69) is 0 Å². The molecule has 1 rings (SSSR count). The van der Waals surface area contributed by atoms with Crippen LogP contribution in [0.3, 0.4) is 0 Å². The van der Waals surface area contributed by atoms with E-state index >= 15 is 0 Å². The van der Waals surface area contributed by atoms with Gasteiger partial charge in [0.25, 0.3) is 0 Å². The number of hydrogen-bond donors (Lipinski definition) is 1. The molecule has 0 radical (unpaired) electrons. The molecular weight excluding hydrogens is 313 g/mol. The Kier molecular flexibility index (Phi) is 6.52. The molecule has 0 aliphatic carbocycles. The van der Waals surface area contributed by atoms with Crippen molar-refractivity contribution in [3.8, 4) is 0 Å². The number of aliphatic hydroxyl groups excluding tert-OH is 1. The van der Waals surface area contributed by atoms with Crippen molar-refractivity contribution in [1.82, 2.24) is 4.31 Å². The average Bonchev–Trinajstić information content (AvgIpc) is 2.33. The van der Waals surface area contributed by atoms with E-state index in [1.807, 2.05) is 0 Å². The molecule has 0 bridgehead atoms. The lowest BCUT2D eigenvalue weighted by Crippen LogP contribution is -2.36. The maximum atomic E-state index is 12.5. The number of halogens is 2. The summed E-state index contributed by atoms with van der Waals surface area (Å²) in [5.74, 6) is 0. The van der Waals surface area contributed by atoms with Gasteiger partial charge >= 0.3 is 0 Å². The molecule has 8 heteroatoms. The van der Waals surface area contributed by atoms with E-state index in [0.29, 0.717) is 0 Å². The molecule has 0 aromatic heterocycles. The smallest absolute Gasteiger partial charge is 0.246 e. The third-order valence-corrected chi connectivity index (χ3v) is 5.27. The average molecular weight is 328 g/mol. The third kappa shape index (κ3) is 4.05. The molecule has 5 nitrogen and oxygen atoms in total. The minimum absolute atomic E-state index is 0.0484. The largest absolute Gasteiger partial charge is 0.395 e. The fourth-order valence-electron chi connectivity index (χ4n) is 1.51. The van der Waals surface area contributed by atoms with Crippen molar-refractivity contribution in [2.24, 2.45) is 0 Å². The first kappa shape index (κ1) is 16.7. The Morgan fingerprint density at radius 3 is 2.32 bits per heavy atom. The summed E-state index contributed by atoms with van der Waals surface area (Å²) >= 11 is 11.8. The minimum Gasteiger partial charge on any atom is -0.395 e. The second-order valence-corrected chi connectivity index (χ2v) is 6.36. The number of methoxy groups -OCH3 is 1. The van der Waals surface area contributed by atoms with Crippen LogP contribution in [0.25, 0.3) is 0 Å². The first-order valence-corrected chi connectivity index (χ1v) is 7.68. The van der Waals surface area contributed by atoms with Gasteiger partial charge in [0.15, 0.2) is 0 Å². The lowest BCUT2D eigenvalue weighted by Gasteiger charge is -2.22. The van der Waals surface area contributed by atoms with E-state index in [9.17, 15) is 8.42 Å². The van der Waals surface area contributed by atoms with Crippen molar-refractivity contribution >= 4 is 33.2 Å². The highest BCUT2D eigenvalue weighted by atomic mass is 35.5. The van der Waals surface area contributed by atoms with E-state index in [1.54, 1.807) is 6.07 Å². The molecule has 1 N–H and O–H groups in total. The molecular formula is C11H15Cl2NO4S. The summed E-state index contributed by atoms with van der Waals surface area (Å²) in [6, 6.07) is 4.47. The molecule has 0 heterocycles. The summed E-state index contributed by atoms with van der Waals surface area (Å²) in [5.41, 5.74) is 0. The van der Waals surface area contributed by atoms with Crippen LogP contribution in [-0.2, 0) is 14.8 Å². The second-order valence-electron chi connectivity index (χ2n) is 3.67. The highest BCUT2D eigenvalue weighted by molar-refractivity contribution is 7.89. The van der Waals surface area contributed by atoms with Crippen LogP contribution in [0.2, 0.25) is 10.0 Å². The van der Waals surface area contributed by atoms with Crippen molar-refractivity contribution in [3.63, 3.8) is 0 Å². The maximum Gasteiger partial charge on any atom is 0.246 e. The Morgan fingerprint density at radius 1 is 1.26 bits per heavy atom. The van der Waals surface area contributed by atoms with Gasteiger partial charge in [0.2, 0.25) is 10.0 Å². The van der Waals surface area contributed by atoms with Gasteiger partial charge < -0.3 is 9.84 Å². The Labute approximate surface area is 122 Å². The molecule has 0 aliphatic heterocycles. The van der Waals surface area contributed by atoms with Crippen molar-refractivity contribution in [1.29, 1.82) is 0 Å². The molecule has 19 heavy (non-hydrogen) atoms. The predicted molar refractivity (Wildman–Crippen MR) is 74.2 cm³/mol. The number of ether oxygens (including phenoxy) is 1. The Bertz CT molecular complexity index is 501. The van der Waals surface area contributed by atoms with Crippen LogP contribution in [0.15, 0.2) is 23.1 Å². The summed E-state index contributed by atoms with van der Waals surface area (Å²) in [5, 5.41) is 9.07. The molecule has 0 amide bonds. The molecule has 108 valence electrons. The quantitative estimate of drug-likeness (QED) is 0.826. The SMILES string of the molecule is COCCN(CCO)S(=O)(=O)c1c(Cl)cccc1Cl. The fourth-order valence-corrected chi connectivity index (χ4v) is 4.02. The van der Waals surface area contributed by atoms with Crippen LogP contribution in [0, 0.1) is 0 Å². The topological polar surface area (TPSA) is 66.8 Å². The summed E-state index contributed by atoms with van der Waals surface area (Å²) in [6.45, 7) is -0.0273. The van der Waals surface area contributed by atoms with E-state index in [0.717, 1.165) is 4.31 Å². The van der Waals surface area contributed by atoms with Gasteiger partial charge in [0.1, 0.15) is 4.90 Å². The molecule has 0 saturated heterocycles. The zero-order valence-corrected chi connectivity index (χ0v) is 12.7. The predicted octanol–water partition coefficient (Wildman–Crippen LogP) is 1.62. The molecule has 0 atom stereocenters. The van der Waals surface area contributed by atoms with Crippen LogP contribution in [-0.4, -0.2) is 51.2 Å². The summed E-state index contributed by atoms with van der Waals surface area (Å²) in [6.07, 6.45) is 0. The lowest BCUT2D eigenvalue weighted by molar-refractivity contribution is 0.168. The van der Waals surface area contributed by atoms with Gasteiger partial charge in [-0.15, -0.1) is 0 Å². The van der Waals surface area contributed by atoms with Crippen molar-refractivity contribution in [3.05, 3.63) is 28.2 Å². The molecule has 0 aliphatic rings. The minimum atomic E-state index is -3.87. The Morgan fingerprint density at radius 2 is 1.84 bits per heavy atom. The van der Waals surface area contributed by atoms with Gasteiger partial charge in [0, 0.05) is 20.2 Å². The van der Waals surface area contributed by atoms with Crippen LogP contribution >= 0.6 is 23.2 Å². The van der Waals surface area contributed by atoms with Gasteiger partial charge in [-0.1, -0.05) is 29.3 Å². The number of rotatable bonds is 7. The third-order valence-electron chi connectivity index (χ3n) is 2.41. The van der Waals surface area contributed by atoms with Gasteiger partial charge in [-0.05, 0) is 12.1 Å². The number of nitrogens with zero attached hydrogens (tertiary/aromatic N) is 1. The van der Waals surface area contributed by atoms with Crippen LogP contribution in [0.4, 0.5) is 0 Å². The number of aliphatic hydroxyl groups is 1. The first-order valence-electron chi connectivity index (χ1n) is 5.49. The normalized spacial score (nSPS) is 12.1. The zero-order valence-electron chi connectivity index (χ0n) is 10.3. The lowest BCUT2D eigenvalue weighted by atomic mass is 10.4. The Hall–Kier alpha value is -0.370. The zero-order chi connectivity index (χ0) is 14.5. The van der Waals surface area contributed by atoms with Crippen LogP contribution in [0.5, 0.6) is 0 Å². The van der Waals surface area contributed by atoms with Gasteiger partial charge in [0.05, 0.1) is 23.3 Å². The van der Waals surface area contributed by atoms with Gasteiger partial charge in [-0.25, -0.2) is 8.42 Å². The van der Waals surface area contributed by atoms with Crippen molar-refractivity contribution in [2.45, 2.75) is 4.90 Å². The van der Waals surface area contributed by atoms with E-state index in [1.165, 1.54) is 19.2 Å². The van der Waals surface area contributed by atoms with Gasteiger partial charge in [-0.3, -0.25) is 0 Å². The molecule has 0 unspecified atom stereocenters. The van der Waals surface area contributed by atoms with Crippen molar-refractivity contribution < 1.29 is 18.3 Å². The first-order chi connectivity index (χ1) is 8.95. The molecule has 0 spiro atoms. The van der Waals surface area contributed by atoms with Crippen LogP contribution < -0.4 is 0 Å². The summed E-state index contributed by atoms with van der Waals surface area (Å²) < 4.78 is 30.9. The summed E-state index contributed by atoms with van der Waals surface area (Å²) in [7, 11) is -2.40. The fraction of sp³-hybridized carbons (Fsp3) is 0.455. The molecule has 1 aromatic rings.